The number of methoxy groups -OCH3 is 1. The van der Waals surface area contributed by atoms with E-state index in [0.717, 1.165) is 6.26 Å². The second kappa shape index (κ2) is 6.83. The topological polar surface area (TPSA) is 87.7 Å². The smallest absolute Gasteiger partial charge is 0.209 e. The van der Waals surface area contributed by atoms with E-state index in [1.807, 2.05) is 0 Å². The summed E-state index contributed by atoms with van der Waals surface area (Å²) in [5.41, 5.74) is -0.0687. The van der Waals surface area contributed by atoms with Crippen LogP contribution in [0, 0.1) is 0 Å². The van der Waals surface area contributed by atoms with Gasteiger partial charge in [-0.3, -0.25) is 0 Å². The van der Waals surface area contributed by atoms with E-state index in [1.54, 1.807) is 19.9 Å². The first-order valence-corrected chi connectivity index (χ1v) is 8.56. The predicted octanol–water partition coefficient (Wildman–Crippen LogP) is 1.47. The number of benzene rings is 1. The summed E-state index contributed by atoms with van der Waals surface area (Å²) < 4.78 is 30.1. The minimum atomic E-state index is -3.28. The van der Waals surface area contributed by atoms with Crippen LogP contribution in [0.4, 0.5) is 0 Å². The number of phenols is 1. The summed E-state index contributed by atoms with van der Waals surface area (Å²) in [6.45, 7) is 4.24. The van der Waals surface area contributed by atoms with Crippen molar-refractivity contribution in [1.29, 1.82) is 0 Å². The lowest BCUT2D eigenvalue weighted by atomic mass is 10.1. The minimum Gasteiger partial charge on any atom is -0.504 e. The molecule has 120 valence electrons. The van der Waals surface area contributed by atoms with E-state index in [0.29, 0.717) is 29.4 Å². The molecule has 0 fully saturated rings. The van der Waals surface area contributed by atoms with Gasteiger partial charge in [-0.1, -0.05) is 11.6 Å². The molecule has 6 nitrogen and oxygen atoms in total. The van der Waals surface area contributed by atoms with Crippen LogP contribution < -0.4 is 14.8 Å². The molecule has 0 radical (unpaired) electrons. The molecule has 1 rings (SSSR count). The number of phenolic OH excluding ortho intramolecular Hbond substituents is 1. The van der Waals surface area contributed by atoms with Crippen LogP contribution in [-0.2, 0) is 16.6 Å². The zero-order valence-corrected chi connectivity index (χ0v) is 14.1. The van der Waals surface area contributed by atoms with Crippen molar-refractivity contribution in [1.82, 2.24) is 10.0 Å². The quantitative estimate of drug-likeness (QED) is 0.702. The van der Waals surface area contributed by atoms with Crippen molar-refractivity contribution in [3.63, 3.8) is 0 Å². The van der Waals surface area contributed by atoms with Crippen LogP contribution in [0.2, 0.25) is 5.02 Å². The number of sulfonamides is 1. The highest BCUT2D eigenvalue weighted by Gasteiger charge is 2.21. The second-order valence-corrected chi connectivity index (χ2v) is 7.66. The third-order valence-corrected chi connectivity index (χ3v) is 3.82. The van der Waals surface area contributed by atoms with E-state index in [9.17, 15) is 13.5 Å². The Labute approximate surface area is 130 Å². The average molecular weight is 337 g/mol. The molecule has 0 aliphatic heterocycles. The van der Waals surface area contributed by atoms with Crippen LogP contribution in [0.25, 0.3) is 0 Å². The number of aromatic hydroxyl groups is 1. The number of halogens is 1. The van der Waals surface area contributed by atoms with Crippen LogP contribution in [0.15, 0.2) is 12.1 Å². The maximum Gasteiger partial charge on any atom is 0.209 e. The summed E-state index contributed by atoms with van der Waals surface area (Å²) in [7, 11) is -1.84. The molecule has 0 aromatic heterocycles. The van der Waals surface area contributed by atoms with Crippen molar-refractivity contribution in [3.05, 3.63) is 22.7 Å². The van der Waals surface area contributed by atoms with E-state index in [2.05, 4.69) is 10.0 Å². The van der Waals surface area contributed by atoms with Crippen molar-refractivity contribution in [2.24, 2.45) is 0 Å². The van der Waals surface area contributed by atoms with Gasteiger partial charge in [0.05, 0.1) is 13.4 Å². The monoisotopic (exact) mass is 336 g/mol. The van der Waals surface area contributed by atoms with Crippen molar-refractivity contribution in [3.8, 4) is 11.5 Å². The molecule has 0 heterocycles. The average Bonchev–Trinajstić information content (AvgIpc) is 2.29. The molecule has 8 heteroatoms. The molecular formula is C13H21ClN2O4S. The molecule has 0 bridgehead atoms. The molecule has 1 aromatic rings. The van der Waals surface area contributed by atoms with Crippen LogP contribution >= 0.6 is 11.6 Å². The molecule has 0 aliphatic rings. The first-order chi connectivity index (χ1) is 9.54. The van der Waals surface area contributed by atoms with Crippen molar-refractivity contribution < 1.29 is 18.3 Å². The lowest BCUT2D eigenvalue weighted by Crippen LogP contribution is -2.49. The van der Waals surface area contributed by atoms with Crippen LogP contribution in [0.1, 0.15) is 19.4 Å². The highest BCUT2D eigenvalue weighted by atomic mass is 35.5. The Hall–Kier alpha value is -1.02. The molecule has 0 unspecified atom stereocenters. The van der Waals surface area contributed by atoms with Crippen LogP contribution in [0.3, 0.4) is 0 Å². The van der Waals surface area contributed by atoms with Gasteiger partial charge in [0.2, 0.25) is 10.0 Å². The van der Waals surface area contributed by atoms with E-state index < -0.39 is 15.6 Å². The minimum absolute atomic E-state index is 0.0169. The van der Waals surface area contributed by atoms with E-state index in [-0.39, 0.29) is 5.75 Å². The summed E-state index contributed by atoms with van der Waals surface area (Å²) in [4.78, 5) is 0. The number of hydrogen-bond donors (Lipinski definition) is 3. The first-order valence-electron chi connectivity index (χ1n) is 6.29. The van der Waals surface area contributed by atoms with Crippen LogP contribution in [0.5, 0.6) is 11.5 Å². The van der Waals surface area contributed by atoms with Gasteiger partial charge in [-0.25, -0.2) is 13.1 Å². The fourth-order valence-corrected chi connectivity index (χ4v) is 3.27. The Morgan fingerprint density at radius 3 is 2.52 bits per heavy atom. The Bertz CT molecular complexity index is 602. The number of rotatable bonds is 7. The van der Waals surface area contributed by atoms with Crippen molar-refractivity contribution in [2.45, 2.75) is 25.9 Å². The fourth-order valence-electron chi connectivity index (χ4n) is 1.97. The Balaban J connectivity index is 2.70. The molecule has 0 spiro atoms. The summed E-state index contributed by atoms with van der Waals surface area (Å²) in [6.07, 6.45) is 1.11. The lowest BCUT2D eigenvalue weighted by molar-refractivity contribution is 0.367. The van der Waals surface area contributed by atoms with E-state index >= 15 is 0 Å². The number of nitrogens with one attached hydrogen (secondary N) is 2. The maximum absolute atomic E-state index is 11.2. The van der Waals surface area contributed by atoms with Crippen molar-refractivity contribution >= 4 is 21.6 Å². The van der Waals surface area contributed by atoms with Gasteiger partial charge in [-0.15, -0.1) is 0 Å². The van der Waals surface area contributed by atoms with Gasteiger partial charge in [0.25, 0.3) is 0 Å². The number of hydrogen-bond acceptors (Lipinski definition) is 5. The van der Waals surface area contributed by atoms with Gasteiger partial charge in [0, 0.05) is 35.3 Å². The largest absolute Gasteiger partial charge is 0.504 e. The first kappa shape index (κ1) is 18.0. The highest BCUT2D eigenvalue weighted by Crippen LogP contribution is 2.33. The van der Waals surface area contributed by atoms with Crippen molar-refractivity contribution in [2.75, 3.05) is 19.9 Å². The zero-order chi connectivity index (χ0) is 16.3. The molecule has 1 aromatic carbocycles. The Kier molecular flexibility index (Phi) is 5.86. The molecule has 0 amide bonds. The molecule has 0 saturated heterocycles. The Morgan fingerprint density at radius 1 is 1.38 bits per heavy atom. The third kappa shape index (κ3) is 6.09. The van der Waals surface area contributed by atoms with Gasteiger partial charge in [0.1, 0.15) is 0 Å². The second-order valence-electron chi connectivity index (χ2n) is 5.48. The summed E-state index contributed by atoms with van der Waals surface area (Å²) in [5, 5.41) is 13.5. The summed E-state index contributed by atoms with van der Waals surface area (Å²) >= 11 is 5.95. The molecule has 0 aliphatic carbocycles. The SMILES string of the molecule is COc1cc(Cl)cc(CNCC(C)(C)NS(C)(=O)=O)c1O. The summed E-state index contributed by atoms with van der Waals surface area (Å²) in [5.74, 6) is 0.316. The molecule has 0 atom stereocenters. The highest BCUT2D eigenvalue weighted by molar-refractivity contribution is 7.88. The maximum atomic E-state index is 11.2. The van der Waals surface area contributed by atoms with E-state index in [1.165, 1.54) is 13.2 Å². The van der Waals surface area contributed by atoms with Gasteiger partial charge < -0.3 is 15.2 Å². The predicted molar refractivity (Wildman–Crippen MR) is 83.4 cm³/mol. The van der Waals surface area contributed by atoms with Gasteiger partial charge >= 0.3 is 0 Å². The standard InChI is InChI=1S/C13H21ClN2O4S/c1-13(2,16-21(4,18)19)8-15-7-9-5-10(14)6-11(20-3)12(9)17/h5-6,15-17H,7-8H2,1-4H3. The van der Waals surface area contributed by atoms with Gasteiger partial charge in [-0.05, 0) is 19.9 Å². The normalized spacial score (nSPS) is 12.4. The Morgan fingerprint density at radius 2 is 2.00 bits per heavy atom. The van der Waals surface area contributed by atoms with E-state index in [4.69, 9.17) is 16.3 Å². The van der Waals surface area contributed by atoms with Gasteiger partial charge in [0.15, 0.2) is 11.5 Å². The lowest BCUT2D eigenvalue weighted by Gasteiger charge is -2.25. The number of ether oxygens (including phenoxy) is 1. The molecule has 21 heavy (non-hydrogen) atoms. The fraction of sp³-hybridized carbons (Fsp3) is 0.538. The molecule has 0 saturated carbocycles. The zero-order valence-electron chi connectivity index (χ0n) is 12.5. The summed E-state index contributed by atoms with van der Waals surface area (Å²) in [6, 6.07) is 3.15. The molecular weight excluding hydrogens is 316 g/mol. The molecule has 3 N–H and O–H groups in total. The van der Waals surface area contributed by atoms with Crippen LogP contribution in [-0.4, -0.2) is 39.0 Å². The third-order valence-electron chi connectivity index (χ3n) is 2.68. The van der Waals surface area contributed by atoms with Gasteiger partial charge in [-0.2, -0.15) is 0 Å².